The van der Waals surface area contributed by atoms with Gasteiger partial charge >= 0.3 is 0 Å². The minimum atomic E-state index is -3.63. The molecule has 5 nitrogen and oxygen atoms in total. The van der Waals surface area contributed by atoms with Crippen LogP contribution in [0.2, 0.25) is 0 Å². The molecule has 2 heterocycles. The highest BCUT2D eigenvalue weighted by Crippen LogP contribution is 2.16. The number of hydrogen-bond acceptors (Lipinski definition) is 5. The third-order valence-electron chi connectivity index (χ3n) is 2.84. The molecule has 21 heavy (non-hydrogen) atoms. The third kappa shape index (κ3) is 4.13. The van der Waals surface area contributed by atoms with Crippen molar-refractivity contribution in [3.05, 3.63) is 39.9 Å². The Morgan fingerprint density at radius 1 is 1.38 bits per heavy atom. The lowest BCUT2D eigenvalue weighted by Crippen LogP contribution is -2.45. The molecule has 0 aliphatic heterocycles. The second-order valence-corrected chi connectivity index (χ2v) is 8.27. The van der Waals surface area contributed by atoms with Crippen LogP contribution in [0.15, 0.2) is 38.5 Å². The first kappa shape index (κ1) is 16.2. The van der Waals surface area contributed by atoms with Crippen LogP contribution in [0, 0.1) is 0 Å². The minimum Gasteiger partial charge on any atom is -0.340 e. The first-order valence-corrected chi connectivity index (χ1v) is 9.52. The second-order valence-electron chi connectivity index (χ2n) is 4.60. The molecule has 0 saturated heterocycles. The van der Waals surface area contributed by atoms with Crippen molar-refractivity contribution >= 4 is 38.6 Å². The largest absolute Gasteiger partial charge is 0.340 e. The first-order valence-electron chi connectivity index (χ1n) is 6.22. The average molecular weight is 344 g/mol. The predicted molar refractivity (Wildman–Crippen MR) is 84.9 cm³/mol. The molecule has 2 aromatic rings. The summed E-state index contributed by atoms with van der Waals surface area (Å²) in [6.07, 6.45) is 0. The van der Waals surface area contributed by atoms with E-state index in [9.17, 15) is 13.2 Å². The van der Waals surface area contributed by atoms with Gasteiger partial charge < -0.3 is 4.90 Å². The van der Waals surface area contributed by atoms with E-state index in [4.69, 9.17) is 0 Å². The first-order chi connectivity index (χ1) is 9.90. The Morgan fingerprint density at radius 2 is 2.14 bits per heavy atom. The molecule has 1 amide bonds. The van der Waals surface area contributed by atoms with E-state index in [1.54, 1.807) is 36.8 Å². The van der Waals surface area contributed by atoms with Crippen LogP contribution in [0.4, 0.5) is 0 Å². The van der Waals surface area contributed by atoms with Gasteiger partial charge in [-0.15, -0.1) is 11.3 Å². The van der Waals surface area contributed by atoms with Crippen LogP contribution in [-0.4, -0.2) is 32.3 Å². The lowest BCUT2D eigenvalue weighted by molar-refractivity contribution is -0.131. The molecular formula is C13H16N2O3S3. The van der Waals surface area contributed by atoms with Crippen LogP contribution >= 0.6 is 22.7 Å². The Labute approximate surface area is 132 Å². The Kier molecular flexibility index (Phi) is 5.15. The van der Waals surface area contributed by atoms with Gasteiger partial charge in [0, 0.05) is 13.6 Å². The topological polar surface area (TPSA) is 66.5 Å². The SMILES string of the molecule is C[C@H](NS(=O)(=O)c1cccs1)C(=O)N(C)Cc1ccsc1. The van der Waals surface area contributed by atoms with Crippen molar-refractivity contribution in [1.82, 2.24) is 9.62 Å². The number of nitrogens with one attached hydrogen (secondary N) is 1. The molecule has 114 valence electrons. The molecule has 1 atom stereocenters. The number of thiophene rings is 2. The summed E-state index contributed by atoms with van der Waals surface area (Å²) in [5, 5.41) is 5.59. The maximum Gasteiger partial charge on any atom is 0.250 e. The predicted octanol–water partition coefficient (Wildman–Crippen LogP) is 2.14. The lowest BCUT2D eigenvalue weighted by Gasteiger charge is -2.21. The summed E-state index contributed by atoms with van der Waals surface area (Å²) >= 11 is 2.68. The molecule has 0 aliphatic carbocycles. The van der Waals surface area contributed by atoms with E-state index in [0.29, 0.717) is 6.54 Å². The molecule has 8 heteroatoms. The van der Waals surface area contributed by atoms with Crippen LogP contribution in [0.25, 0.3) is 0 Å². The number of carbonyl (C=O) groups excluding carboxylic acids is 1. The fourth-order valence-corrected chi connectivity index (χ4v) is 4.69. The fraction of sp³-hybridized carbons (Fsp3) is 0.308. The smallest absolute Gasteiger partial charge is 0.250 e. The number of hydrogen-bond donors (Lipinski definition) is 1. The van der Waals surface area contributed by atoms with E-state index in [1.165, 1.54) is 11.0 Å². The monoisotopic (exact) mass is 344 g/mol. The molecule has 0 unspecified atom stereocenters. The fourth-order valence-electron chi connectivity index (χ4n) is 1.82. The van der Waals surface area contributed by atoms with Gasteiger partial charge in [-0.25, -0.2) is 8.42 Å². The van der Waals surface area contributed by atoms with E-state index in [-0.39, 0.29) is 10.1 Å². The van der Waals surface area contributed by atoms with Crippen LogP contribution in [0.1, 0.15) is 12.5 Å². The van der Waals surface area contributed by atoms with Crippen molar-refractivity contribution in [2.24, 2.45) is 0 Å². The van der Waals surface area contributed by atoms with Gasteiger partial charge in [0.15, 0.2) is 0 Å². The summed E-state index contributed by atoms with van der Waals surface area (Å²) < 4.78 is 26.8. The van der Waals surface area contributed by atoms with Gasteiger partial charge in [-0.05, 0) is 40.8 Å². The van der Waals surface area contributed by atoms with Gasteiger partial charge in [0.2, 0.25) is 5.91 Å². The highest BCUT2D eigenvalue weighted by molar-refractivity contribution is 7.91. The Morgan fingerprint density at radius 3 is 2.71 bits per heavy atom. The average Bonchev–Trinajstić information content (AvgIpc) is 3.10. The van der Waals surface area contributed by atoms with Gasteiger partial charge in [0.1, 0.15) is 4.21 Å². The third-order valence-corrected chi connectivity index (χ3v) is 6.51. The summed E-state index contributed by atoms with van der Waals surface area (Å²) in [6.45, 7) is 2.02. The van der Waals surface area contributed by atoms with Crippen LogP contribution < -0.4 is 4.72 Å². The number of carbonyl (C=O) groups is 1. The summed E-state index contributed by atoms with van der Waals surface area (Å²) in [6, 6.07) is 4.31. The quantitative estimate of drug-likeness (QED) is 0.873. The standard InChI is InChI=1S/C13H16N2O3S3/c1-10(14-21(17,18)12-4-3-6-20-12)13(16)15(2)8-11-5-7-19-9-11/h3-7,9-10,14H,8H2,1-2H3/t10-/m0/s1. The van der Waals surface area contributed by atoms with Crippen molar-refractivity contribution in [3.63, 3.8) is 0 Å². The van der Waals surface area contributed by atoms with Crippen LogP contribution in [0.5, 0.6) is 0 Å². The Hall–Kier alpha value is -1.22. The summed E-state index contributed by atoms with van der Waals surface area (Å²) in [4.78, 5) is 13.7. The van der Waals surface area contributed by atoms with Gasteiger partial charge in [0.05, 0.1) is 6.04 Å². The van der Waals surface area contributed by atoms with E-state index < -0.39 is 16.1 Å². The van der Waals surface area contributed by atoms with E-state index in [0.717, 1.165) is 16.9 Å². The maximum atomic E-state index is 12.2. The van der Waals surface area contributed by atoms with E-state index in [1.807, 2.05) is 16.8 Å². The summed E-state index contributed by atoms with van der Waals surface area (Å²) in [5.74, 6) is -0.263. The normalized spacial score (nSPS) is 13.0. The maximum absolute atomic E-state index is 12.2. The van der Waals surface area contributed by atoms with Crippen molar-refractivity contribution in [1.29, 1.82) is 0 Å². The van der Waals surface area contributed by atoms with Crippen molar-refractivity contribution in [3.8, 4) is 0 Å². The summed E-state index contributed by atoms with van der Waals surface area (Å²) in [5.41, 5.74) is 1.03. The molecule has 0 aliphatic rings. The zero-order valence-electron chi connectivity index (χ0n) is 11.6. The number of rotatable bonds is 6. The van der Waals surface area contributed by atoms with Crippen LogP contribution in [0.3, 0.4) is 0 Å². The molecule has 0 radical (unpaired) electrons. The van der Waals surface area contributed by atoms with Crippen molar-refractivity contribution < 1.29 is 13.2 Å². The van der Waals surface area contributed by atoms with Gasteiger partial charge in [-0.3, -0.25) is 4.79 Å². The molecule has 2 rings (SSSR count). The van der Waals surface area contributed by atoms with Crippen molar-refractivity contribution in [2.75, 3.05) is 7.05 Å². The molecule has 0 spiro atoms. The molecular weight excluding hydrogens is 328 g/mol. The molecule has 0 fully saturated rings. The number of sulfonamides is 1. The number of amides is 1. The molecule has 2 aromatic heterocycles. The Bertz CT molecular complexity index is 678. The van der Waals surface area contributed by atoms with Gasteiger partial charge in [-0.1, -0.05) is 6.07 Å². The number of likely N-dealkylation sites (N-methyl/N-ethyl adjacent to an activating group) is 1. The second kappa shape index (κ2) is 6.69. The highest BCUT2D eigenvalue weighted by atomic mass is 32.2. The minimum absolute atomic E-state index is 0.211. The van der Waals surface area contributed by atoms with E-state index in [2.05, 4.69) is 4.72 Å². The lowest BCUT2D eigenvalue weighted by atomic mass is 10.2. The zero-order valence-corrected chi connectivity index (χ0v) is 14.1. The molecule has 1 N–H and O–H groups in total. The van der Waals surface area contributed by atoms with Gasteiger partial charge in [0.25, 0.3) is 10.0 Å². The van der Waals surface area contributed by atoms with Crippen molar-refractivity contribution in [2.45, 2.75) is 23.7 Å². The molecule has 0 aromatic carbocycles. The zero-order chi connectivity index (χ0) is 15.5. The molecule has 0 bridgehead atoms. The van der Waals surface area contributed by atoms with Gasteiger partial charge in [-0.2, -0.15) is 16.1 Å². The van der Waals surface area contributed by atoms with Crippen LogP contribution in [-0.2, 0) is 21.4 Å². The van der Waals surface area contributed by atoms with E-state index >= 15 is 0 Å². The molecule has 0 saturated carbocycles. The highest BCUT2D eigenvalue weighted by Gasteiger charge is 2.24. The number of nitrogens with zero attached hydrogens (tertiary/aromatic N) is 1. The summed E-state index contributed by atoms with van der Waals surface area (Å²) in [7, 11) is -1.97. The Balaban J connectivity index is 1.99.